The minimum Gasteiger partial charge on any atom is -0.480 e. The van der Waals surface area contributed by atoms with Gasteiger partial charge in [-0.3, -0.25) is 0 Å². The van der Waals surface area contributed by atoms with Crippen LogP contribution in [0.3, 0.4) is 0 Å². The van der Waals surface area contributed by atoms with E-state index in [4.69, 9.17) is 9.84 Å². The maximum atomic E-state index is 11.7. The molecule has 0 heterocycles. The normalized spacial score (nSPS) is 13.4. The van der Waals surface area contributed by atoms with E-state index in [1.54, 1.807) is 20.8 Å². The van der Waals surface area contributed by atoms with Crippen molar-refractivity contribution in [2.24, 2.45) is 10.8 Å². The highest BCUT2D eigenvalue weighted by Crippen LogP contribution is 2.23. The molecule has 0 radical (unpaired) electrons. The van der Waals surface area contributed by atoms with Crippen molar-refractivity contribution in [3.8, 4) is 0 Å². The first kappa shape index (κ1) is 18.5. The fourth-order valence-corrected chi connectivity index (χ4v) is 1.63. The van der Waals surface area contributed by atoms with Crippen molar-refractivity contribution in [1.29, 1.82) is 0 Å². The molecule has 0 saturated heterocycles. The van der Waals surface area contributed by atoms with Crippen molar-refractivity contribution in [3.05, 3.63) is 12.7 Å². The molecule has 0 aromatic carbocycles. The number of nitrogens with one attached hydrogen (secondary N) is 1. The lowest BCUT2D eigenvalue weighted by atomic mass is 9.87. The molecule has 0 bridgehead atoms. The maximum Gasteiger partial charge on any atom is 0.407 e. The number of carboxylic acids is 1. The van der Waals surface area contributed by atoms with Crippen LogP contribution in [-0.4, -0.2) is 29.8 Å². The second-order valence-electron chi connectivity index (χ2n) is 6.85. The van der Waals surface area contributed by atoms with Crippen LogP contribution >= 0.6 is 0 Å². The summed E-state index contributed by atoms with van der Waals surface area (Å²) in [5.41, 5.74) is -0.741. The summed E-state index contributed by atoms with van der Waals surface area (Å²) >= 11 is 0. The van der Waals surface area contributed by atoms with Crippen molar-refractivity contribution >= 4 is 12.1 Å². The Morgan fingerprint density at radius 1 is 1.30 bits per heavy atom. The van der Waals surface area contributed by atoms with E-state index in [2.05, 4.69) is 11.9 Å². The van der Waals surface area contributed by atoms with E-state index in [9.17, 15) is 9.59 Å². The molecule has 1 amide bonds. The van der Waals surface area contributed by atoms with E-state index in [1.807, 2.05) is 19.9 Å². The third-order valence-electron chi connectivity index (χ3n) is 2.99. The molecule has 0 aliphatic rings. The van der Waals surface area contributed by atoms with E-state index in [1.165, 1.54) is 0 Å². The second-order valence-corrected chi connectivity index (χ2v) is 6.85. The van der Waals surface area contributed by atoms with Crippen LogP contribution in [0.1, 0.15) is 47.5 Å². The van der Waals surface area contributed by atoms with Gasteiger partial charge in [0.25, 0.3) is 0 Å². The van der Waals surface area contributed by atoms with Gasteiger partial charge < -0.3 is 15.2 Å². The van der Waals surface area contributed by atoms with E-state index in [-0.39, 0.29) is 12.0 Å². The van der Waals surface area contributed by atoms with Crippen LogP contribution in [0.5, 0.6) is 0 Å². The number of hydrogen-bond donors (Lipinski definition) is 2. The number of ether oxygens (including phenoxy) is 1. The lowest BCUT2D eigenvalue weighted by molar-refractivity contribution is -0.142. The molecule has 0 aliphatic heterocycles. The summed E-state index contributed by atoms with van der Waals surface area (Å²) in [6.45, 7) is 13.1. The zero-order chi connectivity index (χ0) is 16.0. The van der Waals surface area contributed by atoms with E-state index < -0.39 is 23.5 Å². The van der Waals surface area contributed by atoms with Crippen LogP contribution in [0.2, 0.25) is 0 Å². The van der Waals surface area contributed by atoms with Crippen LogP contribution in [-0.2, 0) is 9.53 Å². The molecule has 0 rings (SSSR count). The first-order valence-corrected chi connectivity index (χ1v) is 6.76. The van der Waals surface area contributed by atoms with Crippen LogP contribution < -0.4 is 5.32 Å². The highest BCUT2D eigenvalue weighted by Gasteiger charge is 2.33. The summed E-state index contributed by atoms with van der Waals surface area (Å²) in [7, 11) is 0. The van der Waals surface area contributed by atoms with Crippen LogP contribution in [0.25, 0.3) is 0 Å². The Bertz CT molecular complexity index is 355. The summed E-state index contributed by atoms with van der Waals surface area (Å²) in [6.07, 6.45) is 2.82. The van der Waals surface area contributed by atoms with Gasteiger partial charge in [0, 0.05) is 0 Å². The molecule has 2 N–H and O–H groups in total. The summed E-state index contributed by atoms with van der Waals surface area (Å²) < 4.78 is 5.13. The van der Waals surface area contributed by atoms with Gasteiger partial charge in [0.05, 0.1) is 6.61 Å². The Morgan fingerprint density at radius 2 is 1.85 bits per heavy atom. The molecule has 0 aromatic heterocycles. The zero-order valence-corrected chi connectivity index (χ0v) is 13.2. The molecule has 5 heteroatoms. The average molecular weight is 285 g/mol. The fraction of sp³-hybridized carbons (Fsp3) is 0.733. The molecule has 0 spiro atoms. The lowest BCUT2D eigenvalue weighted by Crippen LogP contribution is -2.49. The van der Waals surface area contributed by atoms with Gasteiger partial charge in [-0.1, -0.05) is 40.7 Å². The molecule has 20 heavy (non-hydrogen) atoms. The SMILES string of the molecule is C=CCCC(C)(C)COC(=O)N[C@H](C(=O)O)C(C)(C)C. The minimum absolute atomic E-state index is 0.161. The molecule has 0 saturated carbocycles. The van der Waals surface area contributed by atoms with Crippen molar-refractivity contribution < 1.29 is 19.4 Å². The van der Waals surface area contributed by atoms with Crippen LogP contribution in [0.15, 0.2) is 12.7 Å². The summed E-state index contributed by atoms with van der Waals surface area (Å²) in [5, 5.41) is 11.5. The number of alkyl carbamates (subject to hydrolysis) is 1. The Labute approximate surface area is 121 Å². The highest BCUT2D eigenvalue weighted by molar-refractivity contribution is 5.80. The maximum absolute atomic E-state index is 11.7. The largest absolute Gasteiger partial charge is 0.480 e. The molecule has 0 unspecified atom stereocenters. The van der Waals surface area contributed by atoms with Crippen molar-refractivity contribution in [1.82, 2.24) is 5.32 Å². The average Bonchev–Trinajstić information content (AvgIpc) is 2.29. The number of hydrogen-bond acceptors (Lipinski definition) is 3. The van der Waals surface area contributed by atoms with Gasteiger partial charge in [0.2, 0.25) is 0 Å². The number of aliphatic carboxylic acids is 1. The Kier molecular flexibility index (Phi) is 6.76. The Hall–Kier alpha value is -1.52. The predicted octanol–water partition coefficient (Wildman–Crippen LogP) is 3.20. The number of carboxylic acid groups (broad SMARTS) is 1. The molecule has 0 aromatic rings. The summed E-state index contributed by atoms with van der Waals surface area (Å²) in [5.74, 6) is -1.07. The molecule has 1 atom stereocenters. The van der Waals surface area contributed by atoms with Crippen LogP contribution in [0.4, 0.5) is 4.79 Å². The standard InChI is InChI=1S/C15H27NO4/c1-7-8-9-15(5,6)10-20-13(19)16-11(12(17)18)14(2,3)4/h7,11H,1,8-10H2,2-6H3,(H,16,19)(H,17,18)/t11-/m1/s1. The number of amides is 1. The number of allylic oxidation sites excluding steroid dienone is 1. The predicted molar refractivity (Wildman–Crippen MR) is 78.6 cm³/mol. The smallest absolute Gasteiger partial charge is 0.407 e. The molecule has 0 aliphatic carbocycles. The Balaban J connectivity index is 4.41. The van der Waals surface area contributed by atoms with E-state index in [0.717, 1.165) is 12.8 Å². The number of carbonyl (C=O) groups excluding carboxylic acids is 1. The molecule has 0 fully saturated rings. The van der Waals surface area contributed by atoms with Gasteiger partial charge in [-0.05, 0) is 23.7 Å². The fourth-order valence-electron chi connectivity index (χ4n) is 1.63. The summed E-state index contributed by atoms with van der Waals surface area (Å²) in [4.78, 5) is 22.9. The molecular formula is C15H27NO4. The monoisotopic (exact) mass is 285 g/mol. The summed E-state index contributed by atoms with van der Waals surface area (Å²) in [6, 6.07) is -0.980. The first-order chi connectivity index (χ1) is 8.99. The van der Waals surface area contributed by atoms with E-state index in [0.29, 0.717) is 0 Å². The third kappa shape index (κ3) is 7.16. The lowest BCUT2D eigenvalue weighted by Gasteiger charge is -2.28. The van der Waals surface area contributed by atoms with E-state index >= 15 is 0 Å². The Morgan fingerprint density at radius 3 is 2.25 bits per heavy atom. The molecule has 5 nitrogen and oxygen atoms in total. The molecular weight excluding hydrogens is 258 g/mol. The first-order valence-electron chi connectivity index (χ1n) is 6.76. The van der Waals surface area contributed by atoms with Gasteiger partial charge in [0.15, 0.2) is 0 Å². The quantitative estimate of drug-likeness (QED) is 0.704. The third-order valence-corrected chi connectivity index (χ3v) is 2.99. The zero-order valence-electron chi connectivity index (χ0n) is 13.2. The van der Waals surface area contributed by atoms with Crippen molar-refractivity contribution in [2.75, 3.05) is 6.61 Å². The van der Waals surface area contributed by atoms with Crippen molar-refractivity contribution in [2.45, 2.75) is 53.5 Å². The van der Waals surface area contributed by atoms with Gasteiger partial charge in [-0.25, -0.2) is 9.59 Å². The minimum atomic E-state index is -1.07. The highest BCUT2D eigenvalue weighted by atomic mass is 16.5. The van der Waals surface area contributed by atoms with Gasteiger partial charge in [-0.2, -0.15) is 0 Å². The number of rotatable bonds is 7. The van der Waals surface area contributed by atoms with Crippen molar-refractivity contribution in [3.63, 3.8) is 0 Å². The number of carbonyl (C=O) groups is 2. The van der Waals surface area contributed by atoms with Gasteiger partial charge in [0.1, 0.15) is 6.04 Å². The van der Waals surface area contributed by atoms with Gasteiger partial charge >= 0.3 is 12.1 Å². The van der Waals surface area contributed by atoms with Gasteiger partial charge in [-0.15, -0.1) is 6.58 Å². The van der Waals surface area contributed by atoms with Crippen LogP contribution in [0, 0.1) is 10.8 Å². The molecule has 116 valence electrons. The second kappa shape index (κ2) is 7.31. The topological polar surface area (TPSA) is 75.6 Å².